The molecular weight excluding hydrogens is 408 g/mol. The van der Waals surface area contributed by atoms with Gasteiger partial charge in [-0.3, -0.25) is 4.90 Å². The van der Waals surface area contributed by atoms with E-state index in [9.17, 15) is 5.11 Å². The first-order chi connectivity index (χ1) is 16.2. The molecule has 2 aromatic rings. The zero-order chi connectivity index (χ0) is 22.8. The van der Waals surface area contributed by atoms with Crippen molar-refractivity contribution in [2.45, 2.75) is 90.3 Å². The molecule has 2 aliphatic heterocycles. The molecule has 1 aliphatic carbocycles. The van der Waals surface area contributed by atoms with Gasteiger partial charge in [-0.15, -0.1) is 0 Å². The molecule has 5 nitrogen and oxygen atoms in total. The van der Waals surface area contributed by atoms with Gasteiger partial charge in [-0.1, -0.05) is 11.1 Å². The molecule has 5 rings (SSSR count). The summed E-state index contributed by atoms with van der Waals surface area (Å²) in [5.41, 5.74) is 7.13. The van der Waals surface area contributed by atoms with Crippen LogP contribution >= 0.6 is 0 Å². The molecule has 180 valence electrons. The molecule has 0 atom stereocenters. The molecule has 4 heterocycles. The quantitative estimate of drug-likeness (QED) is 0.623. The van der Waals surface area contributed by atoms with Gasteiger partial charge in [0.2, 0.25) is 0 Å². The summed E-state index contributed by atoms with van der Waals surface area (Å²) >= 11 is 0. The van der Waals surface area contributed by atoms with Gasteiger partial charge < -0.3 is 14.6 Å². The largest absolute Gasteiger partial charge is 0.396 e. The lowest BCUT2D eigenvalue weighted by Crippen LogP contribution is -2.43. The van der Waals surface area contributed by atoms with Crippen LogP contribution in [0.4, 0.5) is 0 Å². The summed E-state index contributed by atoms with van der Waals surface area (Å²) < 4.78 is 2.54. The van der Waals surface area contributed by atoms with Crippen LogP contribution in [-0.4, -0.2) is 63.3 Å². The van der Waals surface area contributed by atoms with Crippen molar-refractivity contribution in [1.82, 2.24) is 19.4 Å². The Labute approximate surface area is 199 Å². The Hall–Kier alpha value is -1.69. The van der Waals surface area contributed by atoms with Crippen molar-refractivity contribution in [3.05, 3.63) is 40.7 Å². The predicted octanol–water partition coefficient (Wildman–Crippen LogP) is 5.08. The van der Waals surface area contributed by atoms with E-state index >= 15 is 0 Å². The van der Waals surface area contributed by atoms with Gasteiger partial charge >= 0.3 is 0 Å². The number of hydrogen-bond donors (Lipinski definition) is 1. The molecule has 0 radical (unpaired) electrons. The second-order valence-corrected chi connectivity index (χ2v) is 10.7. The number of allylic oxidation sites excluding steroid dienone is 2. The van der Waals surface area contributed by atoms with Crippen LogP contribution < -0.4 is 0 Å². The molecule has 0 bridgehead atoms. The van der Waals surface area contributed by atoms with E-state index in [2.05, 4.69) is 40.3 Å². The summed E-state index contributed by atoms with van der Waals surface area (Å²) in [7, 11) is 0. The Kier molecular flexibility index (Phi) is 7.19. The molecule has 0 unspecified atom stereocenters. The van der Waals surface area contributed by atoms with Crippen molar-refractivity contribution in [1.29, 1.82) is 0 Å². The standard InChI is InChI=1S/C28H42N4O/c1-21(2)22-7-9-23(10-8-22)31-17-11-24(12-18-31)32-27(13-19-33)26(20-30-15-3-4-16-30)25-6-5-14-29-28(25)32/h5-6,14,23-24,33H,3-4,7-13,15-20H2,1-2H3. The molecular formula is C28H42N4O. The molecule has 33 heavy (non-hydrogen) atoms. The van der Waals surface area contributed by atoms with Crippen molar-refractivity contribution in [3.63, 3.8) is 0 Å². The Balaban J connectivity index is 1.35. The number of piperidine rings is 1. The van der Waals surface area contributed by atoms with Gasteiger partial charge in [0.25, 0.3) is 0 Å². The van der Waals surface area contributed by atoms with Crippen LogP contribution in [0.3, 0.4) is 0 Å². The summed E-state index contributed by atoms with van der Waals surface area (Å²) in [5, 5.41) is 11.3. The van der Waals surface area contributed by atoms with E-state index in [-0.39, 0.29) is 6.61 Å². The van der Waals surface area contributed by atoms with Crippen molar-refractivity contribution < 1.29 is 5.11 Å². The minimum absolute atomic E-state index is 0.205. The number of aliphatic hydroxyl groups is 1. The Morgan fingerprint density at radius 2 is 1.73 bits per heavy atom. The number of pyridine rings is 1. The number of hydrogen-bond acceptors (Lipinski definition) is 4. The van der Waals surface area contributed by atoms with Crippen LogP contribution in [0.25, 0.3) is 11.0 Å². The molecule has 2 saturated heterocycles. The molecule has 0 spiro atoms. The number of nitrogens with zero attached hydrogens (tertiary/aromatic N) is 4. The molecule has 1 N–H and O–H groups in total. The first kappa shape index (κ1) is 23.1. The SMILES string of the molecule is CC(C)=C1CCC(N2CCC(n3c(CCO)c(CN4CCCC4)c4cccnc43)CC2)CC1. The van der Waals surface area contributed by atoms with E-state index in [4.69, 9.17) is 4.98 Å². The van der Waals surface area contributed by atoms with Crippen LogP contribution in [-0.2, 0) is 13.0 Å². The Morgan fingerprint density at radius 1 is 1.00 bits per heavy atom. The smallest absolute Gasteiger partial charge is 0.140 e. The van der Waals surface area contributed by atoms with E-state index < -0.39 is 0 Å². The topological polar surface area (TPSA) is 44.5 Å². The fourth-order valence-electron chi connectivity index (χ4n) is 6.69. The van der Waals surface area contributed by atoms with Crippen LogP contribution in [0.5, 0.6) is 0 Å². The maximum Gasteiger partial charge on any atom is 0.140 e. The molecule has 0 aromatic carbocycles. The molecule has 3 aliphatic rings. The van der Waals surface area contributed by atoms with E-state index in [0.29, 0.717) is 6.04 Å². The average molecular weight is 451 g/mol. The second-order valence-electron chi connectivity index (χ2n) is 10.7. The Bertz CT molecular complexity index is 965. The van der Waals surface area contributed by atoms with Gasteiger partial charge in [-0.2, -0.15) is 0 Å². The first-order valence-electron chi connectivity index (χ1n) is 13.3. The number of aromatic nitrogens is 2. The van der Waals surface area contributed by atoms with Gasteiger partial charge in [0.15, 0.2) is 0 Å². The lowest BCUT2D eigenvalue weighted by Gasteiger charge is -2.40. The van der Waals surface area contributed by atoms with Gasteiger partial charge in [0.05, 0.1) is 0 Å². The average Bonchev–Trinajstić information content (AvgIpc) is 3.47. The summed E-state index contributed by atoms with van der Waals surface area (Å²) in [6, 6.07) is 5.58. The summed E-state index contributed by atoms with van der Waals surface area (Å²) in [4.78, 5) is 10.2. The van der Waals surface area contributed by atoms with Gasteiger partial charge in [-0.05, 0) is 96.0 Å². The molecule has 0 amide bonds. The highest BCUT2D eigenvalue weighted by atomic mass is 16.3. The van der Waals surface area contributed by atoms with Crippen molar-refractivity contribution >= 4 is 11.0 Å². The van der Waals surface area contributed by atoms with Crippen molar-refractivity contribution in [3.8, 4) is 0 Å². The highest BCUT2D eigenvalue weighted by molar-refractivity contribution is 5.82. The minimum atomic E-state index is 0.205. The number of fused-ring (bicyclic) bond motifs is 1. The van der Waals surface area contributed by atoms with Crippen LogP contribution in [0, 0.1) is 0 Å². The monoisotopic (exact) mass is 450 g/mol. The fourth-order valence-corrected chi connectivity index (χ4v) is 6.69. The van der Waals surface area contributed by atoms with Gasteiger partial charge in [0.1, 0.15) is 5.65 Å². The lowest BCUT2D eigenvalue weighted by molar-refractivity contribution is 0.116. The Morgan fingerprint density at radius 3 is 2.39 bits per heavy atom. The number of aliphatic hydroxyl groups excluding tert-OH is 1. The van der Waals surface area contributed by atoms with Crippen molar-refractivity contribution in [2.75, 3.05) is 32.8 Å². The fraction of sp³-hybridized carbons (Fsp3) is 0.679. The normalized spacial score (nSPS) is 23.6. The summed E-state index contributed by atoms with van der Waals surface area (Å²) in [6.45, 7) is 10.5. The van der Waals surface area contributed by atoms with Crippen LogP contribution in [0.2, 0.25) is 0 Å². The molecule has 5 heteroatoms. The highest BCUT2D eigenvalue weighted by Crippen LogP contribution is 2.36. The number of likely N-dealkylation sites (tertiary alicyclic amines) is 2. The summed E-state index contributed by atoms with van der Waals surface area (Å²) in [5.74, 6) is 0. The highest BCUT2D eigenvalue weighted by Gasteiger charge is 2.31. The summed E-state index contributed by atoms with van der Waals surface area (Å²) in [6.07, 6.45) is 12.9. The molecule has 1 saturated carbocycles. The maximum atomic E-state index is 9.97. The third-order valence-corrected chi connectivity index (χ3v) is 8.55. The van der Waals surface area contributed by atoms with E-state index in [1.165, 1.54) is 94.2 Å². The molecule has 3 fully saturated rings. The number of rotatable bonds is 6. The van der Waals surface area contributed by atoms with Gasteiger partial charge in [0, 0.05) is 62.0 Å². The third-order valence-electron chi connectivity index (χ3n) is 8.55. The molecule has 2 aromatic heterocycles. The minimum Gasteiger partial charge on any atom is -0.396 e. The zero-order valence-corrected chi connectivity index (χ0v) is 20.7. The second kappa shape index (κ2) is 10.3. The lowest BCUT2D eigenvalue weighted by atomic mass is 9.86. The third kappa shape index (κ3) is 4.78. The predicted molar refractivity (Wildman–Crippen MR) is 136 cm³/mol. The van der Waals surface area contributed by atoms with E-state index in [1.807, 2.05) is 6.20 Å². The van der Waals surface area contributed by atoms with E-state index in [0.717, 1.165) is 24.7 Å². The van der Waals surface area contributed by atoms with Gasteiger partial charge in [-0.25, -0.2) is 4.98 Å². The van der Waals surface area contributed by atoms with Crippen LogP contribution in [0.15, 0.2) is 29.5 Å². The van der Waals surface area contributed by atoms with E-state index in [1.54, 1.807) is 11.1 Å². The zero-order valence-electron chi connectivity index (χ0n) is 20.7. The first-order valence-corrected chi connectivity index (χ1v) is 13.3. The maximum absolute atomic E-state index is 9.97. The van der Waals surface area contributed by atoms with Crippen molar-refractivity contribution in [2.24, 2.45) is 0 Å². The van der Waals surface area contributed by atoms with Crippen LogP contribution in [0.1, 0.15) is 82.5 Å².